The predicted molar refractivity (Wildman–Crippen MR) is 239 cm³/mol. The lowest BCUT2D eigenvalue weighted by atomic mass is 9.85. The highest BCUT2D eigenvalue weighted by molar-refractivity contribution is 7.47. The standard InChI is InChI=1S/C47H81O13P/c1-3-5-7-9-11-13-15-17-19-20-22-23-25-27-29-31-33-35-40(48)57-37-39(38-58-61(55,56)60-47-45(53)43(51)42(50)44(52)46(47)54)59-41(49)36-34-32-30-28-26-24-21-18-16-14-12-10-8-6-4-2/h11,13,17-19,21-23,27,29,39,42-47,50-54H,3-10,12,14-16,20,24-26,28,30-38H2,1-2H3,(H,55,56)/b13-11-,19-17-,21-18-,23-22-,29-27-/t39-,42?,43-,44?,45?,46?,47?/m1/s1. The van der Waals surface area contributed by atoms with E-state index in [0.29, 0.717) is 19.3 Å². The topological polar surface area (TPSA) is 210 Å². The van der Waals surface area contributed by atoms with Crippen molar-refractivity contribution in [2.24, 2.45) is 0 Å². The maximum absolute atomic E-state index is 12.8. The molecule has 14 heteroatoms. The van der Waals surface area contributed by atoms with Crippen LogP contribution in [-0.4, -0.2) is 98.3 Å². The maximum atomic E-state index is 12.8. The lowest BCUT2D eigenvalue weighted by Crippen LogP contribution is -2.64. The van der Waals surface area contributed by atoms with Gasteiger partial charge in [0, 0.05) is 12.8 Å². The summed E-state index contributed by atoms with van der Waals surface area (Å²) in [5, 5.41) is 50.1. The molecule has 0 heterocycles. The first-order valence-corrected chi connectivity index (χ1v) is 24.6. The molecular formula is C47H81O13P. The van der Waals surface area contributed by atoms with Crippen molar-refractivity contribution in [1.82, 2.24) is 0 Å². The van der Waals surface area contributed by atoms with E-state index in [9.17, 15) is 44.6 Å². The number of hydrogen-bond acceptors (Lipinski definition) is 12. The minimum Gasteiger partial charge on any atom is -0.462 e. The van der Waals surface area contributed by atoms with Crippen molar-refractivity contribution in [2.45, 2.75) is 211 Å². The lowest BCUT2D eigenvalue weighted by Gasteiger charge is -2.41. The van der Waals surface area contributed by atoms with Crippen LogP contribution in [0, 0.1) is 0 Å². The van der Waals surface area contributed by atoms with E-state index in [2.05, 4.69) is 62.5 Å². The second kappa shape index (κ2) is 37.0. The fourth-order valence-corrected chi connectivity index (χ4v) is 7.54. The van der Waals surface area contributed by atoms with Gasteiger partial charge in [-0.05, 0) is 77.0 Å². The number of phosphoric acid groups is 1. The van der Waals surface area contributed by atoms with Crippen LogP contribution in [0.1, 0.15) is 168 Å². The fourth-order valence-electron chi connectivity index (χ4n) is 6.57. The van der Waals surface area contributed by atoms with Crippen LogP contribution in [0.15, 0.2) is 60.8 Å². The molecule has 0 radical (unpaired) electrons. The summed E-state index contributed by atoms with van der Waals surface area (Å²) in [6.07, 6.45) is 31.4. The van der Waals surface area contributed by atoms with Gasteiger partial charge < -0.3 is 39.9 Å². The molecule has 0 bridgehead atoms. The van der Waals surface area contributed by atoms with E-state index in [1.807, 2.05) is 12.2 Å². The first-order valence-electron chi connectivity index (χ1n) is 23.1. The van der Waals surface area contributed by atoms with E-state index in [1.165, 1.54) is 57.8 Å². The van der Waals surface area contributed by atoms with Gasteiger partial charge in [-0.3, -0.25) is 18.6 Å². The Bertz CT molecular complexity index is 1300. The van der Waals surface area contributed by atoms with E-state index < -0.39 is 75.7 Å². The van der Waals surface area contributed by atoms with Crippen LogP contribution in [-0.2, 0) is 32.7 Å². The van der Waals surface area contributed by atoms with Crippen LogP contribution < -0.4 is 0 Å². The van der Waals surface area contributed by atoms with Crippen LogP contribution in [0.3, 0.4) is 0 Å². The summed E-state index contributed by atoms with van der Waals surface area (Å²) in [6, 6.07) is 0. The van der Waals surface area contributed by atoms with Crippen molar-refractivity contribution in [3.8, 4) is 0 Å². The molecule has 1 saturated carbocycles. The van der Waals surface area contributed by atoms with E-state index in [0.717, 1.165) is 64.2 Å². The third-order valence-corrected chi connectivity index (χ3v) is 11.3. The van der Waals surface area contributed by atoms with Crippen molar-refractivity contribution in [1.29, 1.82) is 0 Å². The zero-order valence-electron chi connectivity index (χ0n) is 37.2. The molecular weight excluding hydrogens is 803 g/mol. The van der Waals surface area contributed by atoms with Gasteiger partial charge in [-0.2, -0.15) is 0 Å². The average molecular weight is 885 g/mol. The Balaban J connectivity index is 2.52. The number of aliphatic hydroxyl groups is 5. The fraction of sp³-hybridized carbons (Fsp3) is 0.745. The molecule has 0 spiro atoms. The Labute approximate surface area is 366 Å². The van der Waals surface area contributed by atoms with Crippen LogP contribution in [0.5, 0.6) is 0 Å². The number of rotatable bonds is 37. The third-order valence-electron chi connectivity index (χ3n) is 10.3. The summed E-state index contributed by atoms with van der Waals surface area (Å²) >= 11 is 0. The highest BCUT2D eigenvalue weighted by Crippen LogP contribution is 2.47. The number of carbonyl (C=O) groups excluding carboxylic acids is 2. The molecule has 6 N–H and O–H groups in total. The lowest BCUT2D eigenvalue weighted by molar-refractivity contribution is -0.220. The number of esters is 2. The highest BCUT2D eigenvalue weighted by atomic mass is 31.2. The quantitative estimate of drug-likeness (QED) is 0.0149. The first-order chi connectivity index (χ1) is 29.4. The largest absolute Gasteiger partial charge is 0.472 e. The summed E-state index contributed by atoms with van der Waals surface area (Å²) < 4.78 is 33.4. The smallest absolute Gasteiger partial charge is 0.462 e. The molecule has 1 fully saturated rings. The van der Waals surface area contributed by atoms with Crippen molar-refractivity contribution >= 4 is 19.8 Å². The molecule has 61 heavy (non-hydrogen) atoms. The second-order valence-electron chi connectivity index (χ2n) is 15.9. The zero-order chi connectivity index (χ0) is 45.0. The van der Waals surface area contributed by atoms with Gasteiger partial charge in [0.05, 0.1) is 6.61 Å². The van der Waals surface area contributed by atoms with Crippen LogP contribution in [0.2, 0.25) is 0 Å². The summed E-state index contributed by atoms with van der Waals surface area (Å²) in [6.45, 7) is 3.20. The Morgan fingerprint density at radius 2 is 0.902 bits per heavy atom. The molecule has 0 aromatic heterocycles. The average Bonchev–Trinajstić information content (AvgIpc) is 3.24. The molecule has 0 amide bonds. The van der Waals surface area contributed by atoms with Crippen molar-refractivity contribution in [2.75, 3.05) is 13.2 Å². The predicted octanol–water partition coefficient (Wildman–Crippen LogP) is 8.94. The van der Waals surface area contributed by atoms with Crippen LogP contribution in [0.4, 0.5) is 0 Å². The number of unbranched alkanes of at least 4 members (excludes halogenated alkanes) is 15. The monoisotopic (exact) mass is 885 g/mol. The normalized spacial score (nSPS) is 22.6. The molecule has 0 saturated heterocycles. The van der Waals surface area contributed by atoms with Gasteiger partial charge in [-0.25, -0.2) is 4.57 Å². The molecule has 0 aliphatic heterocycles. The van der Waals surface area contributed by atoms with Crippen molar-refractivity contribution in [3.05, 3.63) is 60.8 Å². The Kier molecular flexibility index (Phi) is 34.3. The van der Waals surface area contributed by atoms with Gasteiger partial charge in [-0.15, -0.1) is 0 Å². The van der Waals surface area contributed by atoms with Crippen molar-refractivity contribution in [3.63, 3.8) is 0 Å². The summed E-state index contributed by atoms with van der Waals surface area (Å²) in [7, 11) is -5.13. The van der Waals surface area contributed by atoms with E-state index in [1.54, 1.807) is 0 Å². The summed E-state index contributed by atoms with van der Waals surface area (Å²) in [5.74, 6) is -1.18. The van der Waals surface area contributed by atoms with E-state index in [4.69, 9.17) is 18.5 Å². The van der Waals surface area contributed by atoms with Gasteiger partial charge >= 0.3 is 19.8 Å². The van der Waals surface area contributed by atoms with Crippen LogP contribution >= 0.6 is 7.82 Å². The van der Waals surface area contributed by atoms with Crippen molar-refractivity contribution < 1.29 is 63.1 Å². The molecule has 1 aliphatic carbocycles. The number of aliphatic hydroxyl groups excluding tert-OH is 5. The number of ether oxygens (including phenoxy) is 2. The summed E-state index contributed by atoms with van der Waals surface area (Å²) in [5.41, 5.74) is 0. The molecule has 8 atom stereocenters. The second-order valence-corrected chi connectivity index (χ2v) is 17.3. The van der Waals surface area contributed by atoms with Gasteiger partial charge in [0.15, 0.2) is 6.10 Å². The molecule has 1 aliphatic rings. The van der Waals surface area contributed by atoms with E-state index >= 15 is 0 Å². The Hall–Kier alpha value is -2.45. The molecule has 13 nitrogen and oxygen atoms in total. The summed E-state index contributed by atoms with van der Waals surface area (Å²) in [4.78, 5) is 35.7. The minimum atomic E-state index is -5.13. The molecule has 1 rings (SSSR count). The maximum Gasteiger partial charge on any atom is 0.472 e. The third kappa shape index (κ3) is 29.5. The Morgan fingerprint density at radius 3 is 1.44 bits per heavy atom. The molecule has 0 aromatic carbocycles. The number of allylic oxidation sites excluding steroid dienone is 10. The first kappa shape index (κ1) is 56.6. The number of carbonyl (C=O) groups is 2. The van der Waals surface area contributed by atoms with Gasteiger partial charge in [0.25, 0.3) is 0 Å². The SMILES string of the molecule is CCCCC/C=C\C/C=C\C/C=C\C/C=C\CCCC(=O)OC[C@H](COP(=O)(O)OC1C(O)C(O)C(O)[C@@H](O)C1O)OC(=O)CCCCCCC/C=C\CCCCCCCC. The Morgan fingerprint density at radius 1 is 0.508 bits per heavy atom. The molecule has 6 unspecified atom stereocenters. The van der Waals surface area contributed by atoms with E-state index in [-0.39, 0.29) is 12.8 Å². The minimum absolute atomic E-state index is 0.0729. The molecule has 352 valence electrons. The van der Waals surface area contributed by atoms with Gasteiger partial charge in [0.1, 0.15) is 43.2 Å². The zero-order valence-corrected chi connectivity index (χ0v) is 38.1. The van der Waals surface area contributed by atoms with Gasteiger partial charge in [-0.1, -0.05) is 139 Å². The number of phosphoric ester groups is 1. The number of hydrogen-bond donors (Lipinski definition) is 6. The van der Waals surface area contributed by atoms with Crippen LogP contribution in [0.25, 0.3) is 0 Å². The molecule has 0 aromatic rings. The highest BCUT2D eigenvalue weighted by Gasteiger charge is 2.51. The van der Waals surface area contributed by atoms with Gasteiger partial charge in [0.2, 0.25) is 0 Å².